The van der Waals surface area contributed by atoms with Crippen LogP contribution in [0.2, 0.25) is 0 Å². The average Bonchev–Trinajstić information content (AvgIpc) is 2.94. The van der Waals surface area contributed by atoms with Gasteiger partial charge in [0.05, 0.1) is 7.11 Å². The summed E-state index contributed by atoms with van der Waals surface area (Å²) in [5.41, 5.74) is 1.15. The lowest BCUT2D eigenvalue weighted by atomic mass is 9.99. The molecule has 0 aromatic heterocycles. The van der Waals surface area contributed by atoms with E-state index in [1.165, 1.54) is 77.0 Å². The molecule has 0 heterocycles. The summed E-state index contributed by atoms with van der Waals surface area (Å²) in [5.74, 6) is 0.0385. The van der Waals surface area contributed by atoms with E-state index in [9.17, 15) is 9.59 Å². The molecular formula is C33H48O4. The van der Waals surface area contributed by atoms with Crippen LogP contribution in [-0.2, 0) is 9.53 Å². The standard InChI is InChI=1S/C33H48O4/c1-3-4-5-6-7-8-9-10-11-12-13-14-15-16-20-26-31(34)37-33(28-22-18-17-19-23-28)32(35)29-24-21-25-30(27-29)36-2/h17-19,21-25,27,33H,3-16,20,26H2,1-2H3. The first-order valence-corrected chi connectivity index (χ1v) is 14.6. The van der Waals surface area contributed by atoms with Crippen LogP contribution in [-0.4, -0.2) is 18.9 Å². The zero-order chi connectivity index (χ0) is 26.6. The highest BCUT2D eigenvalue weighted by Gasteiger charge is 2.26. The Kier molecular flexibility index (Phi) is 16.1. The average molecular weight is 509 g/mol. The molecule has 37 heavy (non-hydrogen) atoms. The number of ketones is 1. The summed E-state index contributed by atoms with van der Waals surface area (Å²) in [6, 6.07) is 16.2. The number of esters is 1. The Hall–Kier alpha value is -2.62. The molecule has 0 N–H and O–H groups in total. The summed E-state index contributed by atoms with van der Waals surface area (Å²) >= 11 is 0. The highest BCUT2D eigenvalue weighted by Crippen LogP contribution is 2.25. The summed E-state index contributed by atoms with van der Waals surface area (Å²) in [6.07, 6.45) is 18.6. The predicted molar refractivity (Wildman–Crippen MR) is 152 cm³/mol. The van der Waals surface area contributed by atoms with E-state index in [1.807, 2.05) is 30.3 Å². The second-order valence-electron chi connectivity index (χ2n) is 10.1. The maximum Gasteiger partial charge on any atom is 0.306 e. The van der Waals surface area contributed by atoms with Gasteiger partial charge in [-0.05, 0) is 18.6 Å². The smallest absolute Gasteiger partial charge is 0.306 e. The molecule has 2 rings (SSSR count). The van der Waals surface area contributed by atoms with Crippen LogP contribution in [0, 0.1) is 0 Å². The van der Waals surface area contributed by atoms with Gasteiger partial charge < -0.3 is 9.47 Å². The van der Waals surface area contributed by atoms with Gasteiger partial charge >= 0.3 is 5.97 Å². The van der Waals surface area contributed by atoms with Gasteiger partial charge in [-0.15, -0.1) is 0 Å². The van der Waals surface area contributed by atoms with Crippen molar-refractivity contribution in [1.29, 1.82) is 0 Å². The van der Waals surface area contributed by atoms with Crippen LogP contribution in [0.1, 0.15) is 132 Å². The van der Waals surface area contributed by atoms with Crippen molar-refractivity contribution in [3.05, 3.63) is 65.7 Å². The van der Waals surface area contributed by atoms with Gasteiger partial charge in [0.15, 0.2) is 6.10 Å². The number of Topliss-reactive ketones (excluding diaryl/α,β-unsaturated/α-hetero) is 1. The number of methoxy groups -OCH3 is 1. The Morgan fingerprint density at radius 2 is 1.22 bits per heavy atom. The van der Waals surface area contributed by atoms with E-state index in [-0.39, 0.29) is 11.8 Å². The van der Waals surface area contributed by atoms with E-state index in [1.54, 1.807) is 31.4 Å². The van der Waals surface area contributed by atoms with Crippen LogP contribution in [0.25, 0.3) is 0 Å². The number of benzene rings is 2. The van der Waals surface area contributed by atoms with Crippen LogP contribution >= 0.6 is 0 Å². The molecule has 0 saturated heterocycles. The van der Waals surface area contributed by atoms with Crippen LogP contribution < -0.4 is 4.74 Å². The van der Waals surface area contributed by atoms with Crippen molar-refractivity contribution in [1.82, 2.24) is 0 Å². The van der Waals surface area contributed by atoms with Crippen LogP contribution in [0.4, 0.5) is 0 Å². The fourth-order valence-corrected chi connectivity index (χ4v) is 4.66. The first kappa shape index (κ1) is 30.6. The number of carbonyl (C=O) groups excluding carboxylic acids is 2. The molecule has 2 aromatic rings. The molecule has 0 amide bonds. The fraction of sp³-hybridized carbons (Fsp3) is 0.576. The van der Waals surface area contributed by atoms with Crippen molar-refractivity contribution < 1.29 is 19.1 Å². The lowest BCUT2D eigenvalue weighted by Gasteiger charge is -2.18. The number of carbonyl (C=O) groups is 2. The topological polar surface area (TPSA) is 52.6 Å². The van der Waals surface area contributed by atoms with Crippen molar-refractivity contribution in [3.63, 3.8) is 0 Å². The summed E-state index contributed by atoms with van der Waals surface area (Å²) in [4.78, 5) is 25.8. The number of hydrogen-bond donors (Lipinski definition) is 0. The zero-order valence-corrected chi connectivity index (χ0v) is 23.2. The van der Waals surface area contributed by atoms with Gasteiger partial charge in [-0.25, -0.2) is 0 Å². The van der Waals surface area contributed by atoms with Gasteiger partial charge in [0, 0.05) is 17.5 Å². The summed E-state index contributed by atoms with van der Waals surface area (Å²) < 4.78 is 11.0. The van der Waals surface area contributed by atoms with E-state index in [2.05, 4.69) is 6.92 Å². The van der Waals surface area contributed by atoms with Gasteiger partial charge in [0.1, 0.15) is 5.75 Å². The van der Waals surface area contributed by atoms with Gasteiger partial charge in [-0.2, -0.15) is 0 Å². The third-order valence-electron chi connectivity index (χ3n) is 6.93. The Morgan fingerprint density at radius 3 is 1.76 bits per heavy atom. The highest BCUT2D eigenvalue weighted by molar-refractivity contribution is 6.01. The number of rotatable bonds is 21. The second kappa shape index (κ2) is 19.5. The number of unbranched alkanes of at least 4 members (excludes halogenated alkanes) is 14. The van der Waals surface area contributed by atoms with Crippen molar-refractivity contribution in [2.24, 2.45) is 0 Å². The lowest BCUT2D eigenvalue weighted by Crippen LogP contribution is -2.20. The third-order valence-corrected chi connectivity index (χ3v) is 6.93. The van der Waals surface area contributed by atoms with Crippen LogP contribution in [0.5, 0.6) is 5.75 Å². The first-order valence-electron chi connectivity index (χ1n) is 14.6. The molecule has 4 heteroatoms. The lowest BCUT2D eigenvalue weighted by molar-refractivity contribution is -0.147. The fourth-order valence-electron chi connectivity index (χ4n) is 4.66. The zero-order valence-electron chi connectivity index (χ0n) is 23.2. The Balaban J connectivity index is 1.63. The van der Waals surface area contributed by atoms with Gasteiger partial charge in [0.2, 0.25) is 5.78 Å². The Labute approximate surface area is 225 Å². The largest absolute Gasteiger partial charge is 0.497 e. The Bertz CT molecular complexity index is 877. The molecule has 0 radical (unpaired) electrons. The molecule has 0 aliphatic rings. The molecule has 0 spiro atoms. The molecule has 2 aromatic carbocycles. The monoisotopic (exact) mass is 508 g/mol. The molecule has 4 nitrogen and oxygen atoms in total. The molecule has 0 saturated carbocycles. The summed E-state index contributed by atoms with van der Waals surface area (Å²) in [5, 5.41) is 0. The number of hydrogen-bond acceptors (Lipinski definition) is 4. The molecule has 0 aliphatic carbocycles. The van der Waals surface area contributed by atoms with Crippen molar-refractivity contribution in [2.45, 2.75) is 116 Å². The SMILES string of the molecule is CCCCCCCCCCCCCCCCCC(=O)OC(C(=O)c1cccc(OC)c1)c1ccccc1. The van der Waals surface area contributed by atoms with Gasteiger partial charge in [-0.1, -0.05) is 139 Å². The van der Waals surface area contributed by atoms with Gasteiger partial charge in [-0.3, -0.25) is 9.59 Å². The van der Waals surface area contributed by atoms with E-state index in [0.717, 1.165) is 19.3 Å². The van der Waals surface area contributed by atoms with Crippen LogP contribution in [0.15, 0.2) is 54.6 Å². The minimum atomic E-state index is -0.947. The van der Waals surface area contributed by atoms with E-state index < -0.39 is 6.10 Å². The van der Waals surface area contributed by atoms with Crippen molar-refractivity contribution in [2.75, 3.05) is 7.11 Å². The Morgan fingerprint density at radius 1 is 0.676 bits per heavy atom. The quantitative estimate of drug-likeness (QED) is 0.0957. The maximum atomic E-state index is 13.2. The molecule has 0 fully saturated rings. The molecule has 0 bridgehead atoms. The molecule has 1 unspecified atom stereocenters. The van der Waals surface area contributed by atoms with Crippen LogP contribution in [0.3, 0.4) is 0 Å². The predicted octanol–water partition coefficient (Wildman–Crippen LogP) is 9.42. The second-order valence-corrected chi connectivity index (χ2v) is 10.1. The minimum absolute atomic E-state index is 0.241. The van der Waals surface area contributed by atoms with E-state index in [4.69, 9.17) is 9.47 Å². The van der Waals surface area contributed by atoms with Crippen molar-refractivity contribution >= 4 is 11.8 Å². The molecule has 204 valence electrons. The summed E-state index contributed by atoms with van der Waals surface area (Å²) in [7, 11) is 1.57. The minimum Gasteiger partial charge on any atom is -0.497 e. The van der Waals surface area contributed by atoms with E-state index >= 15 is 0 Å². The number of ether oxygens (including phenoxy) is 2. The highest BCUT2D eigenvalue weighted by atomic mass is 16.5. The first-order chi connectivity index (χ1) is 18.2. The van der Waals surface area contributed by atoms with Crippen molar-refractivity contribution in [3.8, 4) is 5.75 Å². The molecule has 1 atom stereocenters. The molecule has 0 aliphatic heterocycles. The summed E-state index contributed by atoms with van der Waals surface area (Å²) in [6.45, 7) is 2.27. The molecular weight excluding hydrogens is 460 g/mol. The van der Waals surface area contributed by atoms with E-state index in [0.29, 0.717) is 23.3 Å². The normalized spacial score (nSPS) is 11.7. The van der Waals surface area contributed by atoms with Gasteiger partial charge in [0.25, 0.3) is 0 Å². The third kappa shape index (κ3) is 13.0. The maximum absolute atomic E-state index is 13.2.